The molecule has 0 radical (unpaired) electrons. The number of amides is 1. The molecule has 0 saturated carbocycles. The number of carbonyl (C=O) groups excluding carboxylic acids is 1. The van der Waals surface area contributed by atoms with Gasteiger partial charge in [-0.25, -0.2) is 4.98 Å². The summed E-state index contributed by atoms with van der Waals surface area (Å²) in [5.41, 5.74) is 0.489. The third-order valence-corrected chi connectivity index (χ3v) is 4.06. The Bertz CT molecular complexity index is 413. The molecule has 1 amide bonds. The highest BCUT2D eigenvalue weighted by Gasteiger charge is 2.25. The highest BCUT2D eigenvalue weighted by atomic mass is 79.9. The van der Waals surface area contributed by atoms with Gasteiger partial charge >= 0.3 is 0 Å². The van der Waals surface area contributed by atoms with Gasteiger partial charge in [0.05, 0.1) is 0 Å². The first-order valence-corrected chi connectivity index (χ1v) is 7.01. The van der Waals surface area contributed by atoms with Crippen molar-refractivity contribution in [2.24, 2.45) is 5.92 Å². The largest absolute Gasteiger partial charge is 0.337 e. The summed E-state index contributed by atoms with van der Waals surface area (Å²) in [6, 6.07) is 3.64. The molecule has 0 spiro atoms. The summed E-state index contributed by atoms with van der Waals surface area (Å²) in [7, 11) is 0. The number of likely N-dealkylation sites (tertiary alicyclic amines) is 1. The van der Waals surface area contributed by atoms with Gasteiger partial charge in [0.1, 0.15) is 5.69 Å². The van der Waals surface area contributed by atoms with Crippen LogP contribution in [0.25, 0.3) is 0 Å². The van der Waals surface area contributed by atoms with Gasteiger partial charge in [0.15, 0.2) is 0 Å². The third kappa shape index (κ3) is 2.99. The lowest BCUT2D eigenvalue weighted by molar-refractivity contribution is 0.0678. The molecule has 1 aliphatic rings. The smallest absolute Gasteiger partial charge is 0.273 e. The van der Waals surface area contributed by atoms with E-state index >= 15 is 0 Å². The normalized spacial score (nSPS) is 20.4. The van der Waals surface area contributed by atoms with Gasteiger partial charge in [-0.05, 0) is 46.8 Å². The Kier molecular flexibility index (Phi) is 4.40. The lowest BCUT2D eigenvalue weighted by Gasteiger charge is -2.31. The number of alkyl halides is 1. The van der Waals surface area contributed by atoms with E-state index in [1.807, 2.05) is 11.0 Å². The molecule has 1 aromatic rings. The zero-order chi connectivity index (χ0) is 12.3. The van der Waals surface area contributed by atoms with Crippen LogP contribution in [0.3, 0.4) is 0 Å². The van der Waals surface area contributed by atoms with Crippen molar-refractivity contribution in [3.63, 3.8) is 0 Å². The molecular formula is C12H14BrClN2O. The van der Waals surface area contributed by atoms with Crippen LogP contribution in [0.4, 0.5) is 0 Å². The van der Waals surface area contributed by atoms with Crippen molar-refractivity contribution in [3.05, 3.63) is 28.5 Å². The Morgan fingerprint density at radius 2 is 2.47 bits per heavy atom. The molecule has 1 aliphatic heterocycles. The van der Waals surface area contributed by atoms with Crippen molar-refractivity contribution in [1.82, 2.24) is 9.88 Å². The minimum atomic E-state index is -0.00714. The van der Waals surface area contributed by atoms with Crippen LogP contribution < -0.4 is 0 Å². The van der Waals surface area contributed by atoms with Crippen molar-refractivity contribution in [3.8, 4) is 0 Å². The predicted octanol–water partition coefficient (Wildman–Crippen LogP) is 2.94. The molecule has 2 rings (SSSR count). The van der Waals surface area contributed by atoms with Crippen molar-refractivity contribution in [2.75, 3.05) is 19.0 Å². The molecule has 17 heavy (non-hydrogen) atoms. The van der Waals surface area contributed by atoms with Crippen LogP contribution in [0.15, 0.2) is 22.8 Å². The van der Waals surface area contributed by atoms with E-state index in [0.717, 1.165) is 30.4 Å². The highest BCUT2D eigenvalue weighted by Crippen LogP contribution is 2.21. The van der Waals surface area contributed by atoms with Gasteiger partial charge < -0.3 is 4.90 Å². The topological polar surface area (TPSA) is 33.2 Å². The Morgan fingerprint density at radius 1 is 1.65 bits per heavy atom. The molecule has 2 heterocycles. The van der Waals surface area contributed by atoms with Crippen LogP contribution in [-0.4, -0.2) is 34.8 Å². The minimum Gasteiger partial charge on any atom is -0.337 e. The molecule has 0 bridgehead atoms. The first-order valence-electron chi connectivity index (χ1n) is 5.68. The fourth-order valence-corrected chi connectivity index (χ4v) is 2.74. The van der Waals surface area contributed by atoms with E-state index in [1.165, 1.54) is 0 Å². The van der Waals surface area contributed by atoms with E-state index in [9.17, 15) is 4.79 Å². The van der Waals surface area contributed by atoms with Gasteiger partial charge in [0.2, 0.25) is 0 Å². The van der Waals surface area contributed by atoms with Crippen LogP contribution in [0, 0.1) is 5.92 Å². The van der Waals surface area contributed by atoms with Gasteiger partial charge in [0, 0.05) is 29.6 Å². The molecule has 5 heteroatoms. The second-order valence-corrected chi connectivity index (χ2v) is 5.41. The Labute approximate surface area is 114 Å². The number of halogens is 2. The van der Waals surface area contributed by atoms with E-state index in [4.69, 9.17) is 11.6 Å². The number of carbonyl (C=O) groups is 1. The number of piperidine rings is 1. The first-order chi connectivity index (χ1) is 8.22. The molecule has 92 valence electrons. The average molecular weight is 318 g/mol. The summed E-state index contributed by atoms with van der Waals surface area (Å²) in [6.07, 6.45) is 3.77. The van der Waals surface area contributed by atoms with Crippen molar-refractivity contribution in [1.29, 1.82) is 0 Å². The van der Waals surface area contributed by atoms with Crippen LogP contribution >= 0.6 is 27.5 Å². The quantitative estimate of drug-likeness (QED) is 0.786. The van der Waals surface area contributed by atoms with Crippen molar-refractivity contribution < 1.29 is 4.79 Å². The van der Waals surface area contributed by atoms with Crippen molar-refractivity contribution >= 4 is 33.4 Å². The van der Waals surface area contributed by atoms with E-state index in [2.05, 4.69) is 20.9 Å². The van der Waals surface area contributed by atoms with Crippen LogP contribution in [0.2, 0.25) is 0 Å². The fourth-order valence-electron chi connectivity index (χ4n) is 2.07. The molecule has 1 unspecified atom stereocenters. The minimum absolute atomic E-state index is 0.00714. The lowest BCUT2D eigenvalue weighted by atomic mass is 10.00. The Balaban J connectivity index is 2.12. The zero-order valence-corrected chi connectivity index (χ0v) is 11.7. The summed E-state index contributed by atoms with van der Waals surface area (Å²) in [4.78, 5) is 18.3. The van der Waals surface area contributed by atoms with Gasteiger partial charge in [0.25, 0.3) is 5.91 Å². The number of hydrogen-bond acceptors (Lipinski definition) is 2. The summed E-state index contributed by atoms with van der Waals surface area (Å²) in [6.45, 7) is 1.54. The molecule has 1 aromatic heterocycles. The maximum Gasteiger partial charge on any atom is 0.273 e. The van der Waals surface area contributed by atoms with Crippen LogP contribution in [0.1, 0.15) is 23.3 Å². The van der Waals surface area contributed by atoms with Gasteiger partial charge in [-0.3, -0.25) is 4.79 Å². The lowest BCUT2D eigenvalue weighted by Crippen LogP contribution is -2.40. The molecule has 3 nitrogen and oxygen atoms in total. The molecule has 1 saturated heterocycles. The second kappa shape index (κ2) is 5.83. The van der Waals surface area contributed by atoms with Crippen LogP contribution in [0.5, 0.6) is 0 Å². The number of pyridine rings is 1. The summed E-state index contributed by atoms with van der Waals surface area (Å²) in [5.74, 6) is 1.02. The van der Waals surface area contributed by atoms with Crippen LogP contribution in [-0.2, 0) is 0 Å². The van der Waals surface area contributed by atoms with E-state index in [0.29, 0.717) is 17.5 Å². The second-order valence-electron chi connectivity index (χ2n) is 4.25. The zero-order valence-electron chi connectivity index (χ0n) is 9.40. The fraction of sp³-hybridized carbons (Fsp3) is 0.500. The third-order valence-electron chi connectivity index (χ3n) is 2.99. The SMILES string of the molecule is O=C(c1ncccc1Br)N1CCCC(CCl)C1. The first kappa shape index (κ1) is 12.8. The summed E-state index contributed by atoms with van der Waals surface area (Å²) < 4.78 is 0.748. The maximum atomic E-state index is 12.3. The molecule has 0 aliphatic carbocycles. The number of rotatable bonds is 2. The molecular weight excluding hydrogens is 304 g/mol. The Hall–Kier alpha value is -0.610. The Morgan fingerprint density at radius 3 is 3.18 bits per heavy atom. The van der Waals surface area contributed by atoms with E-state index in [1.54, 1.807) is 12.3 Å². The van der Waals surface area contributed by atoms with Gasteiger partial charge in [-0.2, -0.15) is 0 Å². The number of nitrogens with zero attached hydrogens (tertiary/aromatic N) is 2. The number of aromatic nitrogens is 1. The molecule has 0 N–H and O–H groups in total. The standard InChI is InChI=1S/C12H14BrClN2O/c13-10-4-1-5-15-11(10)12(17)16-6-2-3-9(7-14)8-16/h1,4-5,9H,2-3,6-8H2. The summed E-state index contributed by atoms with van der Waals surface area (Å²) >= 11 is 9.22. The maximum absolute atomic E-state index is 12.3. The van der Waals surface area contributed by atoms with Crippen molar-refractivity contribution in [2.45, 2.75) is 12.8 Å². The molecule has 1 atom stereocenters. The monoisotopic (exact) mass is 316 g/mol. The van der Waals surface area contributed by atoms with Gasteiger partial charge in [-0.15, -0.1) is 11.6 Å². The highest BCUT2D eigenvalue weighted by molar-refractivity contribution is 9.10. The average Bonchev–Trinajstić information content (AvgIpc) is 2.38. The van der Waals surface area contributed by atoms with Gasteiger partial charge in [-0.1, -0.05) is 0 Å². The summed E-state index contributed by atoms with van der Waals surface area (Å²) in [5, 5.41) is 0. The van der Waals surface area contributed by atoms with E-state index < -0.39 is 0 Å². The molecule has 0 aromatic carbocycles. The number of hydrogen-bond donors (Lipinski definition) is 0. The van der Waals surface area contributed by atoms with E-state index in [-0.39, 0.29) is 5.91 Å². The molecule has 1 fully saturated rings. The predicted molar refractivity (Wildman–Crippen MR) is 71.3 cm³/mol.